The molecule has 0 amide bonds. The average Bonchev–Trinajstić information content (AvgIpc) is 2.16. The first-order valence-corrected chi connectivity index (χ1v) is 5.49. The summed E-state index contributed by atoms with van der Waals surface area (Å²) in [5.74, 6) is 0.855. The summed E-state index contributed by atoms with van der Waals surface area (Å²) in [6.45, 7) is 1.86. The van der Waals surface area contributed by atoms with Gasteiger partial charge in [0, 0.05) is 11.6 Å². The third kappa shape index (κ3) is 2.81. The van der Waals surface area contributed by atoms with Crippen LogP contribution in [0.3, 0.4) is 0 Å². The van der Waals surface area contributed by atoms with Crippen LogP contribution in [0.25, 0.3) is 0 Å². The van der Waals surface area contributed by atoms with Crippen molar-refractivity contribution in [1.29, 1.82) is 0 Å². The van der Waals surface area contributed by atoms with E-state index in [9.17, 15) is 4.39 Å². The minimum absolute atomic E-state index is 0.305. The lowest BCUT2D eigenvalue weighted by Gasteiger charge is -2.02. The summed E-state index contributed by atoms with van der Waals surface area (Å²) >= 11 is 6.81. The highest BCUT2D eigenvalue weighted by Gasteiger charge is 2.08. The molecule has 0 aliphatic rings. The Hall–Kier alpha value is -0.350. The summed E-state index contributed by atoms with van der Waals surface area (Å²) in [4.78, 5) is 7.68. The molecule has 1 heterocycles. The van der Waals surface area contributed by atoms with Gasteiger partial charge in [0.15, 0.2) is 5.82 Å². The number of halogens is 2. The maximum absolute atomic E-state index is 13.4. The first-order valence-electron chi connectivity index (χ1n) is 3.97. The van der Waals surface area contributed by atoms with Crippen molar-refractivity contribution in [2.45, 2.75) is 18.4 Å². The van der Waals surface area contributed by atoms with E-state index in [1.54, 1.807) is 0 Å². The summed E-state index contributed by atoms with van der Waals surface area (Å²) in [5, 5.41) is 0.396. The second-order valence-corrected chi connectivity index (χ2v) is 3.79. The van der Waals surface area contributed by atoms with Crippen molar-refractivity contribution in [2.75, 3.05) is 11.6 Å². The number of hydrogen-bond acceptors (Lipinski definition) is 3. The number of thioether (sulfide) groups is 1. The first-order chi connectivity index (χ1) is 6.29. The molecule has 0 aliphatic carbocycles. The normalized spacial score (nSPS) is 10.4. The Morgan fingerprint density at radius 1 is 1.54 bits per heavy atom. The van der Waals surface area contributed by atoms with Gasteiger partial charge in [0.25, 0.3) is 0 Å². The highest BCUT2D eigenvalue weighted by Crippen LogP contribution is 2.20. The standard InChI is InChI=1S/C8H10ClFN2S/c1-2-6-7(10)8(12-5-11-6)13-4-3-9/h5H,2-4H2,1H3. The predicted octanol–water partition coefficient (Wildman–Crippen LogP) is 2.51. The molecule has 1 aromatic rings. The number of aromatic nitrogens is 2. The van der Waals surface area contributed by atoms with Crippen molar-refractivity contribution in [1.82, 2.24) is 9.97 Å². The minimum atomic E-state index is -0.305. The second-order valence-electron chi connectivity index (χ2n) is 2.33. The summed E-state index contributed by atoms with van der Waals surface area (Å²) in [6, 6.07) is 0. The van der Waals surface area contributed by atoms with Gasteiger partial charge in [-0.25, -0.2) is 14.4 Å². The maximum atomic E-state index is 13.4. The molecule has 0 fully saturated rings. The van der Waals surface area contributed by atoms with Crippen molar-refractivity contribution >= 4 is 23.4 Å². The molecule has 13 heavy (non-hydrogen) atoms. The van der Waals surface area contributed by atoms with E-state index in [0.29, 0.717) is 28.8 Å². The fourth-order valence-corrected chi connectivity index (χ4v) is 1.74. The van der Waals surface area contributed by atoms with Gasteiger partial charge in [-0.3, -0.25) is 0 Å². The van der Waals surface area contributed by atoms with Gasteiger partial charge in [-0.15, -0.1) is 23.4 Å². The van der Waals surface area contributed by atoms with E-state index in [-0.39, 0.29) is 5.82 Å². The summed E-state index contributed by atoms with van der Waals surface area (Å²) in [7, 11) is 0. The zero-order valence-electron chi connectivity index (χ0n) is 7.26. The lowest BCUT2D eigenvalue weighted by atomic mass is 10.3. The van der Waals surface area contributed by atoms with E-state index >= 15 is 0 Å². The first kappa shape index (κ1) is 10.7. The highest BCUT2D eigenvalue weighted by molar-refractivity contribution is 7.99. The third-order valence-corrected chi connectivity index (χ3v) is 2.86. The third-order valence-electron chi connectivity index (χ3n) is 1.48. The maximum Gasteiger partial charge on any atom is 0.176 e. The van der Waals surface area contributed by atoms with Crippen molar-refractivity contribution < 1.29 is 4.39 Å². The molecular weight excluding hydrogens is 211 g/mol. The smallest absolute Gasteiger partial charge is 0.176 e. The van der Waals surface area contributed by atoms with Crippen molar-refractivity contribution in [3.63, 3.8) is 0 Å². The number of alkyl halides is 1. The monoisotopic (exact) mass is 220 g/mol. The molecule has 1 rings (SSSR count). The molecule has 2 nitrogen and oxygen atoms in total. The lowest BCUT2D eigenvalue weighted by molar-refractivity contribution is 0.559. The van der Waals surface area contributed by atoms with E-state index in [1.165, 1.54) is 18.1 Å². The van der Waals surface area contributed by atoms with Crippen LogP contribution in [-0.2, 0) is 6.42 Å². The highest BCUT2D eigenvalue weighted by atomic mass is 35.5. The Bertz CT molecular complexity index is 283. The molecule has 0 saturated carbocycles. The number of aryl methyl sites for hydroxylation is 1. The Labute approximate surface area is 85.9 Å². The van der Waals surface area contributed by atoms with Crippen LogP contribution < -0.4 is 0 Å². The van der Waals surface area contributed by atoms with Crippen LogP contribution in [0.15, 0.2) is 11.4 Å². The Morgan fingerprint density at radius 2 is 2.31 bits per heavy atom. The zero-order chi connectivity index (χ0) is 9.68. The van der Waals surface area contributed by atoms with Crippen LogP contribution in [0.4, 0.5) is 4.39 Å². The minimum Gasteiger partial charge on any atom is -0.238 e. The van der Waals surface area contributed by atoms with Crippen LogP contribution >= 0.6 is 23.4 Å². The van der Waals surface area contributed by atoms with E-state index in [4.69, 9.17) is 11.6 Å². The molecule has 1 aromatic heterocycles. The lowest BCUT2D eigenvalue weighted by Crippen LogP contribution is -1.98. The molecule has 0 aromatic carbocycles. The van der Waals surface area contributed by atoms with E-state index < -0.39 is 0 Å². The van der Waals surface area contributed by atoms with Gasteiger partial charge in [-0.05, 0) is 6.42 Å². The number of rotatable bonds is 4. The summed E-state index contributed by atoms with van der Waals surface area (Å²) < 4.78 is 13.4. The van der Waals surface area contributed by atoms with Gasteiger partial charge in [-0.1, -0.05) is 6.92 Å². The molecule has 0 N–H and O–H groups in total. The molecule has 0 saturated heterocycles. The topological polar surface area (TPSA) is 25.8 Å². The van der Waals surface area contributed by atoms with Crippen molar-refractivity contribution in [3.8, 4) is 0 Å². The molecule has 5 heteroatoms. The van der Waals surface area contributed by atoms with E-state index in [1.807, 2.05) is 6.92 Å². The Morgan fingerprint density at radius 3 is 2.92 bits per heavy atom. The van der Waals surface area contributed by atoms with Gasteiger partial charge in [0.2, 0.25) is 0 Å². The Kier molecular flexibility index (Phi) is 4.45. The van der Waals surface area contributed by atoms with Gasteiger partial charge >= 0.3 is 0 Å². The molecule has 0 spiro atoms. The van der Waals surface area contributed by atoms with Crippen LogP contribution in [0.5, 0.6) is 0 Å². The molecule has 72 valence electrons. The van der Waals surface area contributed by atoms with Gasteiger partial charge in [0.1, 0.15) is 11.4 Å². The molecule has 0 atom stereocenters. The number of hydrogen-bond donors (Lipinski definition) is 0. The van der Waals surface area contributed by atoms with Crippen LogP contribution in [-0.4, -0.2) is 21.6 Å². The largest absolute Gasteiger partial charge is 0.238 e. The summed E-state index contributed by atoms with van der Waals surface area (Å²) in [5.41, 5.74) is 0.465. The zero-order valence-corrected chi connectivity index (χ0v) is 8.83. The fourth-order valence-electron chi connectivity index (χ4n) is 0.870. The van der Waals surface area contributed by atoms with Gasteiger partial charge in [0.05, 0.1) is 5.69 Å². The van der Waals surface area contributed by atoms with Crippen molar-refractivity contribution in [2.24, 2.45) is 0 Å². The fraction of sp³-hybridized carbons (Fsp3) is 0.500. The van der Waals surface area contributed by atoms with Gasteiger partial charge < -0.3 is 0 Å². The SMILES string of the molecule is CCc1ncnc(SCCCl)c1F. The molecular formula is C8H10ClFN2S. The molecule has 0 bridgehead atoms. The van der Waals surface area contributed by atoms with Crippen molar-refractivity contribution in [3.05, 3.63) is 17.8 Å². The van der Waals surface area contributed by atoms with E-state index in [2.05, 4.69) is 9.97 Å². The number of nitrogens with zero attached hydrogens (tertiary/aromatic N) is 2. The molecule has 0 radical (unpaired) electrons. The quantitative estimate of drug-likeness (QED) is 0.443. The van der Waals surface area contributed by atoms with Crippen LogP contribution in [0, 0.1) is 5.82 Å². The van der Waals surface area contributed by atoms with E-state index in [0.717, 1.165) is 0 Å². The van der Waals surface area contributed by atoms with Gasteiger partial charge in [-0.2, -0.15) is 0 Å². The molecule has 0 unspecified atom stereocenters. The summed E-state index contributed by atoms with van der Waals surface area (Å²) in [6.07, 6.45) is 1.97. The van der Waals surface area contributed by atoms with Crippen LogP contribution in [0.2, 0.25) is 0 Å². The average molecular weight is 221 g/mol. The van der Waals surface area contributed by atoms with Crippen LogP contribution in [0.1, 0.15) is 12.6 Å². The molecule has 0 aliphatic heterocycles. The second kappa shape index (κ2) is 5.40. The Balaban J connectivity index is 2.81. The predicted molar refractivity (Wildman–Crippen MR) is 52.8 cm³/mol.